The molecule has 1 aromatic rings. The highest BCUT2D eigenvalue weighted by Crippen LogP contribution is 2.57. The van der Waals surface area contributed by atoms with Crippen LogP contribution >= 0.6 is 0 Å². The van der Waals surface area contributed by atoms with Gasteiger partial charge in [0, 0.05) is 6.42 Å². The number of carbonyl (C=O) groups is 1. The Morgan fingerprint density at radius 1 is 0.900 bits per heavy atom. The highest BCUT2D eigenvalue weighted by atomic mass is 16.5. The molecule has 0 N–H and O–H groups in total. The molecule has 2 nitrogen and oxygen atoms in total. The van der Waals surface area contributed by atoms with Crippen LogP contribution in [-0.4, -0.2) is 5.97 Å². The van der Waals surface area contributed by atoms with Crippen LogP contribution in [0.4, 0.5) is 0 Å². The van der Waals surface area contributed by atoms with Crippen molar-refractivity contribution in [3.63, 3.8) is 0 Å². The molecule has 0 aromatic heterocycles. The van der Waals surface area contributed by atoms with Crippen molar-refractivity contribution in [2.45, 2.75) is 175 Å². The molecule has 1 aromatic carbocycles. The van der Waals surface area contributed by atoms with Gasteiger partial charge < -0.3 is 4.74 Å². The molecule has 2 atom stereocenters. The van der Waals surface area contributed by atoms with Gasteiger partial charge in [0.2, 0.25) is 0 Å². The quantitative estimate of drug-likeness (QED) is 0.0834. The van der Waals surface area contributed by atoms with Crippen molar-refractivity contribution in [2.24, 2.45) is 11.3 Å². The number of carbonyl (C=O) groups excluding carboxylic acids is 1. The van der Waals surface area contributed by atoms with E-state index in [1.807, 2.05) is 0 Å². The summed E-state index contributed by atoms with van der Waals surface area (Å²) in [6.45, 7) is 14.2. The van der Waals surface area contributed by atoms with Gasteiger partial charge in [-0.1, -0.05) is 118 Å². The van der Waals surface area contributed by atoms with Gasteiger partial charge >= 0.3 is 5.97 Å². The lowest BCUT2D eigenvalue weighted by atomic mass is 9.50. The minimum absolute atomic E-state index is 0.0547. The predicted octanol–water partition coefficient (Wildman–Crippen LogP) is 11.8. The molecular weight excluding hydrogens is 488 g/mol. The van der Waals surface area contributed by atoms with Crippen LogP contribution in [0, 0.1) is 11.3 Å². The van der Waals surface area contributed by atoms with Crippen molar-refractivity contribution < 1.29 is 9.53 Å². The van der Waals surface area contributed by atoms with Crippen LogP contribution in [0.1, 0.15) is 180 Å². The molecule has 0 radical (unpaired) electrons. The minimum atomic E-state index is -0.0547. The first kappa shape index (κ1) is 32.9. The second-order valence-electron chi connectivity index (χ2n) is 14.4. The fourth-order valence-corrected chi connectivity index (χ4v) is 7.89. The van der Waals surface area contributed by atoms with E-state index >= 15 is 0 Å². The van der Waals surface area contributed by atoms with E-state index in [0.717, 1.165) is 25.0 Å². The zero-order valence-electron chi connectivity index (χ0n) is 27.2. The van der Waals surface area contributed by atoms with E-state index in [1.165, 1.54) is 113 Å². The number of allylic oxidation sites excluding steroid dienone is 2. The molecule has 0 bridgehead atoms. The van der Waals surface area contributed by atoms with E-state index in [2.05, 4.69) is 65.8 Å². The molecule has 0 heterocycles. The highest BCUT2D eigenvalue weighted by Gasteiger charge is 2.50. The van der Waals surface area contributed by atoms with Crippen molar-refractivity contribution in [2.75, 3.05) is 0 Å². The van der Waals surface area contributed by atoms with Gasteiger partial charge in [-0.05, 0) is 103 Å². The zero-order chi connectivity index (χ0) is 29.0. The van der Waals surface area contributed by atoms with E-state index < -0.39 is 0 Å². The van der Waals surface area contributed by atoms with E-state index in [9.17, 15) is 4.79 Å². The second-order valence-corrected chi connectivity index (χ2v) is 14.4. The normalized spacial score (nSPS) is 21.9. The van der Waals surface area contributed by atoms with Gasteiger partial charge in [0.05, 0.1) is 0 Å². The monoisotopic (exact) mass is 550 g/mol. The van der Waals surface area contributed by atoms with Gasteiger partial charge in [-0.3, -0.25) is 4.79 Å². The summed E-state index contributed by atoms with van der Waals surface area (Å²) in [5, 5.41) is 0. The molecule has 3 rings (SSSR count). The van der Waals surface area contributed by atoms with E-state index in [4.69, 9.17) is 4.74 Å². The molecule has 0 spiro atoms. The molecule has 40 heavy (non-hydrogen) atoms. The number of hydrogen-bond acceptors (Lipinski definition) is 2. The number of hydrogen-bond donors (Lipinski definition) is 0. The summed E-state index contributed by atoms with van der Waals surface area (Å²) in [6, 6.07) is 4.67. The number of fused-ring (bicyclic) bond motifs is 3. The van der Waals surface area contributed by atoms with Crippen molar-refractivity contribution in [1.29, 1.82) is 0 Å². The van der Waals surface area contributed by atoms with Gasteiger partial charge in [0.1, 0.15) is 5.75 Å². The average Bonchev–Trinajstić information content (AvgIpc) is 2.90. The second kappa shape index (κ2) is 16.2. The van der Waals surface area contributed by atoms with Crippen LogP contribution in [0.2, 0.25) is 0 Å². The number of unbranched alkanes of at least 4 members (excludes halogenated alkanes) is 11. The van der Waals surface area contributed by atoms with Gasteiger partial charge in [-0.25, -0.2) is 0 Å². The number of benzene rings is 1. The number of esters is 1. The van der Waals surface area contributed by atoms with E-state index in [0.29, 0.717) is 23.7 Å². The molecule has 0 amide bonds. The molecule has 2 aliphatic rings. The predicted molar refractivity (Wildman–Crippen MR) is 172 cm³/mol. The largest absolute Gasteiger partial charge is 0.426 e. The van der Waals surface area contributed by atoms with E-state index in [-0.39, 0.29) is 11.4 Å². The Hall–Kier alpha value is -1.57. The third kappa shape index (κ3) is 9.22. The molecule has 0 saturated heterocycles. The molecule has 1 fully saturated rings. The molecule has 226 valence electrons. The standard InChI is InChI=1S/C38H62O2/c1-7-8-9-10-11-12-13-14-15-16-17-18-19-20-21-23-36(39)40-34-29-33-31(28-32(34)30(2)3)24-25-35-37(4,5)26-22-27-38(33,35)6/h14-15,28-30,35H,7-13,16-27H2,1-6H3/b15-14+/t35-,38+/m0/s1. The third-order valence-corrected chi connectivity index (χ3v) is 10.3. The SMILES string of the molecule is CCCCCCCC/C=C/CCCCCCCC(=O)Oc1cc2c(cc1C(C)C)CC[C@H]1C(C)(C)CCC[C@]21C. The van der Waals surface area contributed by atoms with Crippen LogP contribution in [0.15, 0.2) is 24.3 Å². The fourth-order valence-electron chi connectivity index (χ4n) is 7.89. The smallest absolute Gasteiger partial charge is 0.311 e. The Morgan fingerprint density at radius 3 is 2.17 bits per heavy atom. The van der Waals surface area contributed by atoms with Crippen molar-refractivity contribution in [1.82, 2.24) is 0 Å². The lowest BCUT2D eigenvalue weighted by Gasteiger charge is -2.54. The lowest BCUT2D eigenvalue weighted by molar-refractivity contribution is -0.134. The summed E-state index contributed by atoms with van der Waals surface area (Å²) in [4.78, 5) is 12.9. The molecular formula is C38H62O2. The average molecular weight is 551 g/mol. The number of aryl methyl sites for hydroxylation is 1. The molecule has 1 saturated carbocycles. The molecule has 2 aliphatic carbocycles. The van der Waals surface area contributed by atoms with Gasteiger partial charge in [-0.15, -0.1) is 0 Å². The van der Waals surface area contributed by atoms with Gasteiger partial charge in [-0.2, -0.15) is 0 Å². The van der Waals surface area contributed by atoms with Crippen LogP contribution in [0.3, 0.4) is 0 Å². The zero-order valence-corrected chi connectivity index (χ0v) is 27.2. The van der Waals surface area contributed by atoms with Crippen molar-refractivity contribution in [3.05, 3.63) is 41.0 Å². The Labute approximate surface area is 248 Å². The highest BCUT2D eigenvalue weighted by molar-refractivity contribution is 5.73. The van der Waals surface area contributed by atoms with Crippen molar-refractivity contribution >= 4 is 5.97 Å². The van der Waals surface area contributed by atoms with E-state index in [1.54, 1.807) is 0 Å². The van der Waals surface area contributed by atoms with Crippen LogP contribution in [-0.2, 0) is 16.6 Å². The van der Waals surface area contributed by atoms with Crippen molar-refractivity contribution in [3.8, 4) is 5.75 Å². The summed E-state index contributed by atoms with van der Waals surface area (Å²) < 4.78 is 6.12. The lowest BCUT2D eigenvalue weighted by Crippen LogP contribution is -2.47. The maximum atomic E-state index is 12.9. The van der Waals surface area contributed by atoms with Crippen LogP contribution in [0.25, 0.3) is 0 Å². The number of ether oxygens (including phenoxy) is 1. The molecule has 0 aliphatic heterocycles. The first-order chi connectivity index (χ1) is 19.2. The summed E-state index contributed by atoms with van der Waals surface area (Å²) >= 11 is 0. The molecule has 0 unspecified atom stereocenters. The Morgan fingerprint density at radius 2 is 1.52 bits per heavy atom. The Balaban J connectivity index is 1.41. The minimum Gasteiger partial charge on any atom is -0.426 e. The fraction of sp³-hybridized carbons (Fsp3) is 0.763. The van der Waals surface area contributed by atoms with Crippen LogP contribution < -0.4 is 4.74 Å². The summed E-state index contributed by atoms with van der Waals surface area (Å²) in [6.07, 6.45) is 28.1. The third-order valence-electron chi connectivity index (χ3n) is 10.3. The Bertz CT molecular complexity index is 939. The topological polar surface area (TPSA) is 26.3 Å². The maximum absolute atomic E-state index is 12.9. The Kier molecular flexibility index (Phi) is 13.3. The first-order valence-corrected chi connectivity index (χ1v) is 17.2. The summed E-state index contributed by atoms with van der Waals surface area (Å²) in [5.74, 6) is 1.82. The first-order valence-electron chi connectivity index (χ1n) is 17.2. The van der Waals surface area contributed by atoms with Crippen LogP contribution in [0.5, 0.6) is 5.75 Å². The summed E-state index contributed by atoms with van der Waals surface area (Å²) in [7, 11) is 0. The van der Waals surface area contributed by atoms with Gasteiger partial charge in [0.25, 0.3) is 0 Å². The van der Waals surface area contributed by atoms with Gasteiger partial charge in [0.15, 0.2) is 0 Å². The summed E-state index contributed by atoms with van der Waals surface area (Å²) in [5.41, 5.74) is 4.73. The number of rotatable bonds is 17. The maximum Gasteiger partial charge on any atom is 0.311 e. The molecule has 2 heteroatoms.